The van der Waals surface area contributed by atoms with Gasteiger partial charge in [0, 0.05) is 5.69 Å². The van der Waals surface area contributed by atoms with E-state index in [2.05, 4.69) is 5.32 Å². The second-order valence-corrected chi connectivity index (χ2v) is 6.29. The van der Waals surface area contributed by atoms with Gasteiger partial charge in [-0.1, -0.05) is 30.3 Å². The average Bonchev–Trinajstić information content (AvgIpc) is 2.78. The van der Waals surface area contributed by atoms with Crippen molar-refractivity contribution >= 4 is 34.3 Å². The van der Waals surface area contributed by atoms with E-state index in [9.17, 15) is 9.59 Å². The molecular formula is C17H16N2O2S. The van der Waals surface area contributed by atoms with Gasteiger partial charge < -0.3 is 5.32 Å². The van der Waals surface area contributed by atoms with Crippen molar-refractivity contribution in [3.05, 3.63) is 59.7 Å². The van der Waals surface area contributed by atoms with E-state index in [1.807, 2.05) is 50.2 Å². The number of anilines is 2. The zero-order chi connectivity index (χ0) is 15.7. The van der Waals surface area contributed by atoms with Crippen LogP contribution in [0.5, 0.6) is 0 Å². The van der Waals surface area contributed by atoms with Crippen LogP contribution in [-0.4, -0.2) is 16.5 Å². The summed E-state index contributed by atoms with van der Waals surface area (Å²) >= 11 is 1.01. The SMILES string of the molecule is Cc1ccc(C)c(N[C@H]2SC(=O)N(c3ccccc3)C2=O)c1. The summed E-state index contributed by atoms with van der Waals surface area (Å²) in [5.41, 5.74) is 3.64. The van der Waals surface area contributed by atoms with Gasteiger partial charge in [-0.2, -0.15) is 0 Å². The molecule has 1 aliphatic heterocycles. The Morgan fingerprint density at radius 1 is 1.05 bits per heavy atom. The quantitative estimate of drug-likeness (QED) is 0.932. The molecule has 1 saturated heterocycles. The Kier molecular flexibility index (Phi) is 3.90. The Hall–Kier alpha value is -2.27. The van der Waals surface area contributed by atoms with Crippen molar-refractivity contribution in [2.75, 3.05) is 10.2 Å². The van der Waals surface area contributed by atoms with E-state index < -0.39 is 5.37 Å². The fourth-order valence-electron chi connectivity index (χ4n) is 2.34. The topological polar surface area (TPSA) is 49.4 Å². The smallest absolute Gasteiger partial charge is 0.295 e. The molecule has 0 unspecified atom stereocenters. The van der Waals surface area contributed by atoms with E-state index in [-0.39, 0.29) is 11.1 Å². The van der Waals surface area contributed by atoms with Crippen molar-refractivity contribution in [3.63, 3.8) is 0 Å². The average molecular weight is 312 g/mol. The fraction of sp³-hybridized carbons (Fsp3) is 0.176. The number of para-hydroxylation sites is 1. The standard InChI is InChI=1S/C17H16N2O2S/c1-11-8-9-12(2)14(10-11)18-15-16(20)19(17(21)22-15)13-6-4-3-5-7-13/h3-10,15,18H,1-2H3/t15-/m0/s1. The van der Waals surface area contributed by atoms with E-state index in [0.29, 0.717) is 5.69 Å². The summed E-state index contributed by atoms with van der Waals surface area (Å²) in [5, 5.41) is 2.34. The molecule has 0 aliphatic carbocycles. The second-order valence-electron chi connectivity index (χ2n) is 5.24. The van der Waals surface area contributed by atoms with Crippen molar-refractivity contribution in [1.29, 1.82) is 0 Å². The Labute approximate surface area is 133 Å². The molecule has 2 aromatic rings. The first-order valence-electron chi connectivity index (χ1n) is 6.99. The number of thioether (sulfide) groups is 1. The van der Waals surface area contributed by atoms with Crippen LogP contribution in [0.25, 0.3) is 0 Å². The number of carbonyl (C=O) groups is 2. The highest BCUT2D eigenvalue weighted by atomic mass is 32.2. The zero-order valence-corrected chi connectivity index (χ0v) is 13.2. The summed E-state index contributed by atoms with van der Waals surface area (Å²) in [4.78, 5) is 25.9. The molecular weight excluding hydrogens is 296 g/mol. The first kappa shape index (κ1) is 14.7. The first-order chi connectivity index (χ1) is 10.6. The van der Waals surface area contributed by atoms with Gasteiger partial charge in [-0.05, 0) is 54.9 Å². The van der Waals surface area contributed by atoms with Crippen molar-refractivity contribution in [2.45, 2.75) is 19.2 Å². The molecule has 1 heterocycles. The Morgan fingerprint density at radius 2 is 1.77 bits per heavy atom. The molecule has 2 aromatic carbocycles. The third-order valence-corrected chi connectivity index (χ3v) is 4.48. The molecule has 1 aliphatic rings. The van der Waals surface area contributed by atoms with Crippen LogP contribution in [0.4, 0.5) is 16.2 Å². The predicted molar refractivity (Wildman–Crippen MR) is 90.2 cm³/mol. The maximum Gasteiger partial charge on any atom is 0.295 e. The number of hydrogen-bond acceptors (Lipinski definition) is 4. The number of amides is 2. The van der Waals surface area contributed by atoms with Crippen LogP contribution in [-0.2, 0) is 4.79 Å². The molecule has 3 rings (SSSR count). The molecule has 0 bridgehead atoms. The summed E-state index contributed by atoms with van der Waals surface area (Å²) in [6.45, 7) is 3.97. The molecule has 22 heavy (non-hydrogen) atoms. The minimum absolute atomic E-state index is 0.234. The molecule has 2 amide bonds. The van der Waals surface area contributed by atoms with Crippen LogP contribution in [0.3, 0.4) is 0 Å². The predicted octanol–water partition coefficient (Wildman–Crippen LogP) is 3.94. The minimum atomic E-state index is -0.590. The first-order valence-corrected chi connectivity index (χ1v) is 7.87. The van der Waals surface area contributed by atoms with Crippen LogP contribution >= 0.6 is 11.8 Å². The number of aryl methyl sites for hydroxylation is 2. The third kappa shape index (κ3) is 2.72. The highest BCUT2D eigenvalue weighted by Crippen LogP contribution is 2.33. The van der Waals surface area contributed by atoms with Crippen molar-refractivity contribution in [3.8, 4) is 0 Å². The van der Waals surface area contributed by atoms with E-state index in [4.69, 9.17) is 0 Å². The molecule has 1 atom stereocenters. The van der Waals surface area contributed by atoms with Crippen LogP contribution in [0, 0.1) is 13.8 Å². The van der Waals surface area contributed by atoms with Crippen molar-refractivity contribution in [2.24, 2.45) is 0 Å². The van der Waals surface area contributed by atoms with Gasteiger partial charge in [0.15, 0.2) is 5.37 Å². The zero-order valence-electron chi connectivity index (χ0n) is 12.4. The van der Waals surface area contributed by atoms with Crippen LogP contribution < -0.4 is 10.2 Å². The maximum absolute atomic E-state index is 12.5. The van der Waals surface area contributed by atoms with E-state index in [0.717, 1.165) is 28.6 Å². The Morgan fingerprint density at radius 3 is 2.50 bits per heavy atom. The summed E-state index contributed by atoms with van der Waals surface area (Å²) in [6, 6.07) is 15.0. The van der Waals surface area contributed by atoms with Gasteiger partial charge in [0.1, 0.15) is 0 Å². The van der Waals surface area contributed by atoms with Crippen molar-refractivity contribution in [1.82, 2.24) is 0 Å². The normalized spacial score (nSPS) is 17.9. The number of nitrogens with one attached hydrogen (secondary N) is 1. The largest absolute Gasteiger partial charge is 0.365 e. The lowest BCUT2D eigenvalue weighted by Gasteiger charge is -2.16. The fourth-order valence-corrected chi connectivity index (χ4v) is 3.24. The molecule has 1 fully saturated rings. The highest BCUT2D eigenvalue weighted by molar-refractivity contribution is 8.16. The van der Waals surface area contributed by atoms with E-state index >= 15 is 0 Å². The number of rotatable bonds is 3. The number of hydrogen-bond donors (Lipinski definition) is 1. The maximum atomic E-state index is 12.5. The molecule has 0 radical (unpaired) electrons. The molecule has 5 heteroatoms. The lowest BCUT2D eigenvalue weighted by molar-refractivity contribution is -0.116. The summed E-state index contributed by atoms with van der Waals surface area (Å²) in [5.74, 6) is -0.234. The van der Waals surface area contributed by atoms with Crippen molar-refractivity contribution < 1.29 is 9.59 Å². The van der Waals surface area contributed by atoms with Gasteiger partial charge in [0.2, 0.25) is 0 Å². The Balaban J connectivity index is 1.84. The van der Waals surface area contributed by atoms with Gasteiger partial charge in [-0.25, -0.2) is 4.90 Å². The van der Waals surface area contributed by atoms with Gasteiger partial charge in [-0.3, -0.25) is 9.59 Å². The van der Waals surface area contributed by atoms with Gasteiger partial charge in [0.05, 0.1) is 5.69 Å². The summed E-state index contributed by atoms with van der Waals surface area (Å²) in [6.07, 6.45) is 0. The third-order valence-electron chi connectivity index (χ3n) is 3.54. The monoisotopic (exact) mass is 312 g/mol. The van der Waals surface area contributed by atoms with E-state index in [1.165, 1.54) is 4.90 Å². The second kappa shape index (κ2) is 5.85. The lowest BCUT2D eigenvalue weighted by Crippen LogP contribution is -2.34. The van der Waals surface area contributed by atoms with Crippen LogP contribution in [0.15, 0.2) is 48.5 Å². The molecule has 0 saturated carbocycles. The number of benzene rings is 2. The minimum Gasteiger partial charge on any atom is -0.365 e. The summed E-state index contributed by atoms with van der Waals surface area (Å²) in [7, 11) is 0. The van der Waals surface area contributed by atoms with Gasteiger partial charge >= 0.3 is 0 Å². The molecule has 4 nitrogen and oxygen atoms in total. The van der Waals surface area contributed by atoms with E-state index in [1.54, 1.807) is 12.1 Å². The van der Waals surface area contributed by atoms with Gasteiger partial charge in [0.25, 0.3) is 11.1 Å². The van der Waals surface area contributed by atoms with Crippen LogP contribution in [0.1, 0.15) is 11.1 Å². The number of nitrogens with zero attached hydrogens (tertiary/aromatic N) is 1. The molecule has 112 valence electrons. The Bertz CT molecular complexity index is 731. The number of carbonyl (C=O) groups excluding carboxylic acids is 2. The molecule has 1 N–H and O–H groups in total. The summed E-state index contributed by atoms with van der Waals surface area (Å²) < 4.78 is 0. The molecule has 0 spiro atoms. The highest BCUT2D eigenvalue weighted by Gasteiger charge is 2.40. The van der Waals surface area contributed by atoms with Gasteiger partial charge in [-0.15, -0.1) is 0 Å². The molecule has 0 aromatic heterocycles. The van der Waals surface area contributed by atoms with Crippen LogP contribution in [0.2, 0.25) is 0 Å². The lowest BCUT2D eigenvalue weighted by atomic mass is 10.1. The number of imide groups is 1.